The van der Waals surface area contributed by atoms with Crippen LogP contribution in [0, 0.1) is 5.92 Å². The number of rotatable bonds is 15. The lowest BCUT2D eigenvalue weighted by molar-refractivity contribution is -0.137. The molecule has 0 aromatic heterocycles. The van der Waals surface area contributed by atoms with Gasteiger partial charge in [0.1, 0.15) is 0 Å². The molecule has 0 aliphatic rings. The van der Waals surface area contributed by atoms with E-state index in [1.54, 1.807) is 0 Å². The van der Waals surface area contributed by atoms with Crippen molar-refractivity contribution in [3.63, 3.8) is 0 Å². The van der Waals surface area contributed by atoms with E-state index in [0.717, 1.165) is 25.7 Å². The van der Waals surface area contributed by atoms with E-state index in [4.69, 9.17) is 10.2 Å². The molecule has 3 heteroatoms. The second kappa shape index (κ2) is 14.8. The molecule has 0 aliphatic carbocycles. The maximum atomic E-state index is 10.4. The van der Waals surface area contributed by atoms with Crippen molar-refractivity contribution in [2.24, 2.45) is 5.92 Å². The predicted octanol–water partition coefficient (Wildman–Crippen LogP) is 4.77. The zero-order valence-corrected chi connectivity index (χ0v) is 13.3. The van der Waals surface area contributed by atoms with Gasteiger partial charge < -0.3 is 10.2 Å². The molecule has 0 heterocycles. The number of carboxylic acids is 1. The summed E-state index contributed by atoms with van der Waals surface area (Å²) in [6, 6.07) is 0. The van der Waals surface area contributed by atoms with E-state index < -0.39 is 5.97 Å². The van der Waals surface area contributed by atoms with Gasteiger partial charge in [0.2, 0.25) is 0 Å². The summed E-state index contributed by atoms with van der Waals surface area (Å²) in [7, 11) is 0. The van der Waals surface area contributed by atoms with Crippen molar-refractivity contribution in [1.29, 1.82) is 0 Å². The van der Waals surface area contributed by atoms with E-state index in [1.807, 2.05) is 0 Å². The molecule has 20 heavy (non-hydrogen) atoms. The number of hydrogen-bond donors (Lipinski definition) is 2. The minimum absolute atomic E-state index is 0.264. The number of hydrogen-bond acceptors (Lipinski definition) is 2. The topological polar surface area (TPSA) is 57.5 Å². The summed E-state index contributed by atoms with van der Waals surface area (Å²) >= 11 is 0. The van der Waals surface area contributed by atoms with E-state index in [9.17, 15) is 4.79 Å². The molecule has 0 aromatic rings. The Hall–Kier alpha value is -0.570. The monoisotopic (exact) mass is 286 g/mol. The predicted molar refractivity (Wildman–Crippen MR) is 83.9 cm³/mol. The Morgan fingerprint density at radius 1 is 0.850 bits per heavy atom. The minimum atomic E-state index is -0.698. The average Bonchev–Trinajstić information content (AvgIpc) is 2.42. The van der Waals surface area contributed by atoms with Gasteiger partial charge in [-0.2, -0.15) is 0 Å². The zero-order chi connectivity index (χ0) is 15.1. The van der Waals surface area contributed by atoms with Gasteiger partial charge in [0.05, 0.1) is 0 Å². The fraction of sp³-hybridized carbons (Fsp3) is 0.941. The Balaban J connectivity index is 3.51. The van der Waals surface area contributed by atoms with Gasteiger partial charge in [0.25, 0.3) is 0 Å². The Bertz CT molecular complexity index is 216. The third-order valence-corrected chi connectivity index (χ3v) is 4.01. The van der Waals surface area contributed by atoms with Gasteiger partial charge in [-0.15, -0.1) is 0 Å². The standard InChI is InChI=1S/C17H34O3/c1-2-3-4-5-6-7-8-11-16(14-15-18)12-9-10-13-17(19)20/h16,18H,2-15H2,1H3,(H,19,20). The van der Waals surface area contributed by atoms with Crippen molar-refractivity contribution in [1.82, 2.24) is 0 Å². The molecule has 120 valence electrons. The summed E-state index contributed by atoms with van der Waals surface area (Å²) in [4.78, 5) is 10.4. The smallest absolute Gasteiger partial charge is 0.303 e. The van der Waals surface area contributed by atoms with Gasteiger partial charge in [0.15, 0.2) is 0 Å². The van der Waals surface area contributed by atoms with Crippen LogP contribution in [0.1, 0.15) is 90.4 Å². The molecule has 1 unspecified atom stereocenters. The zero-order valence-electron chi connectivity index (χ0n) is 13.3. The molecule has 0 aliphatic heterocycles. The van der Waals surface area contributed by atoms with Crippen LogP contribution < -0.4 is 0 Å². The summed E-state index contributed by atoms with van der Waals surface area (Å²) in [5.41, 5.74) is 0. The van der Waals surface area contributed by atoms with Gasteiger partial charge in [-0.25, -0.2) is 0 Å². The molecule has 0 rings (SSSR count). The van der Waals surface area contributed by atoms with E-state index in [1.165, 1.54) is 51.4 Å². The lowest BCUT2D eigenvalue weighted by Crippen LogP contribution is -2.04. The van der Waals surface area contributed by atoms with Gasteiger partial charge in [-0.3, -0.25) is 4.79 Å². The molecule has 0 bridgehead atoms. The van der Waals surface area contributed by atoms with Crippen molar-refractivity contribution in [3.05, 3.63) is 0 Å². The molecule has 0 aromatic carbocycles. The number of aliphatic hydroxyl groups is 1. The third-order valence-electron chi connectivity index (χ3n) is 4.01. The maximum Gasteiger partial charge on any atom is 0.303 e. The Morgan fingerprint density at radius 2 is 1.40 bits per heavy atom. The Morgan fingerprint density at radius 3 is 1.95 bits per heavy atom. The van der Waals surface area contributed by atoms with Crippen LogP contribution in [0.3, 0.4) is 0 Å². The maximum absolute atomic E-state index is 10.4. The van der Waals surface area contributed by atoms with Crippen LogP contribution >= 0.6 is 0 Å². The van der Waals surface area contributed by atoms with E-state index in [-0.39, 0.29) is 13.0 Å². The van der Waals surface area contributed by atoms with E-state index in [2.05, 4.69) is 6.92 Å². The van der Waals surface area contributed by atoms with Crippen LogP contribution in [0.15, 0.2) is 0 Å². The number of unbranched alkanes of at least 4 members (excludes halogenated alkanes) is 7. The first kappa shape index (κ1) is 19.4. The second-order valence-electron chi connectivity index (χ2n) is 5.93. The Labute approximate surface area is 124 Å². The molecule has 0 fully saturated rings. The Kier molecular flexibility index (Phi) is 14.4. The number of aliphatic carboxylic acids is 1. The van der Waals surface area contributed by atoms with Crippen LogP contribution in [-0.4, -0.2) is 22.8 Å². The molecule has 2 N–H and O–H groups in total. The van der Waals surface area contributed by atoms with Gasteiger partial charge >= 0.3 is 5.97 Å². The lowest BCUT2D eigenvalue weighted by atomic mass is 9.92. The van der Waals surface area contributed by atoms with Crippen molar-refractivity contribution in [3.8, 4) is 0 Å². The summed E-state index contributed by atoms with van der Waals surface area (Å²) in [5.74, 6) is -0.111. The molecule has 1 atom stereocenters. The fourth-order valence-corrected chi connectivity index (χ4v) is 2.71. The van der Waals surface area contributed by atoms with Crippen molar-refractivity contribution in [2.45, 2.75) is 90.4 Å². The van der Waals surface area contributed by atoms with Gasteiger partial charge in [-0.1, -0.05) is 71.1 Å². The molecule has 0 saturated heterocycles. The van der Waals surface area contributed by atoms with E-state index >= 15 is 0 Å². The molecule has 0 spiro atoms. The largest absolute Gasteiger partial charge is 0.481 e. The van der Waals surface area contributed by atoms with Crippen LogP contribution in [0.25, 0.3) is 0 Å². The van der Waals surface area contributed by atoms with Crippen LogP contribution in [-0.2, 0) is 4.79 Å². The van der Waals surface area contributed by atoms with E-state index in [0.29, 0.717) is 5.92 Å². The van der Waals surface area contributed by atoms with Gasteiger partial charge in [-0.05, 0) is 18.8 Å². The third kappa shape index (κ3) is 13.9. The first-order valence-electron chi connectivity index (χ1n) is 8.53. The van der Waals surface area contributed by atoms with Crippen LogP contribution in [0.2, 0.25) is 0 Å². The van der Waals surface area contributed by atoms with Gasteiger partial charge in [0, 0.05) is 13.0 Å². The summed E-state index contributed by atoms with van der Waals surface area (Å²) in [6.45, 7) is 2.50. The highest BCUT2D eigenvalue weighted by Crippen LogP contribution is 2.21. The fourth-order valence-electron chi connectivity index (χ4n) is 2.71. The first-order valence-corrected chi connectivity index (χ1v) is 8.53. The lowest BCUT2D eigenvalue weighted by Gasteiger charge is -2.15. The van der Waals surface area contributed by atoms with Crippen molar-refractivity contribution >= 4 is 5.97 Å². The molecule has 0 saturated carbocycles. The first-order chi connectivity index (χ1) is 9.70. The molecule has 0 amide bonds. The molecular weight excluding hydrogens is 252 g/mol. The number of carboxylic acid groups (broad SMARTS) is 1. The number of aliphatic hydroxyl groups excluding tert-OH is 1. The number of carbonyl (C=O) groups is 1. The summed E-state index contributed by atoms with van der Waals surface area (Å²) in [6.07, 6.45) is 14.5. The molecular formula is C17H34O3. The minimum Gasteiger partial charge on any atom is -0.481 e. The summed E-state index contributed by atoms with van der Waals surface area (Å²) in [5, 5.41) is 17.7. The van der Waals surface area contributed by atoms with Crippen molar-refractivity contribution < 1.29 is 15.0 Å². The summed E-state index contributed by atoms with van der Waals surface area (Å²) < 4.78 is 0. The van der Waals surface area contributed by atoms with Crippen LogP contribution in [0.5, 0.6) is 0 Å². The normalized spacial score (nSPS) is 12.5. The van der Waals surface area contributed by atoms with Crippen LogP contribution in [0.4, 0.5) is 0 Å². The molecule has 0 radical (unpaired) electrons. The van der Waals surface area contributed by atoms with Crippen molar-refractivity contribution in [2.75, 3.05) is 6.61 Å². The second-order valence-corrected chi connectivity index (χ2v) is 5.93. The molecule has 3 nitrogen and oxygen atoms in total. The highest BCUT2D eigenvalue weighted by atomic mass is 16.4. The quantitative estimate of drug-likeness (QED) is 0.426. The average molecular weight is 286 g/mol. The highest BCUT2D eigenvalue weighted by Gasteiger charge is 2.08. The highest BCUT2D eigenvalue weighted by molar-refractivity contribution is 5.66. The SMILES string of the molecule is CCCCCCCCCC(CCO)CCCCC(=O)O.